The van der Waals surface area contributed by atoms with Gasteiger partial charge >= 0.3 is 0 Å². The third-order valence-corrected chi connectivity index (χ3v) is 4.88. The second kappa shape index (κ2) is 9.35. The fourth-order valence-electron chi connectivity index (χ4n) is 3.38. The fraction of sp³-hybridized carbons (Fsp3) is 0.476. The average molecular weight is 368 g/mol. The molecule has 3 rings (SSSR count). The van der Waals surface area contributed by atoms with Crippen molar-refractivity contribution in [1.82, 2.24) is 15.3 Å². The second-order valence-electron chi connectivity index (χ2n) is 7.05. The summed E-state index contributed by atoms with van der Waals surface area (Å²) in [5.74, 6) is 1.24. The molecule has 1 aromatic carbocycles. The highest BCUT2D eigenvalue weighted by molar-refractivity contribution is 5.92. The lowest BCUT2D eigenvalue weighted by atomic mass is 9.95. The first-order chi connectivity index (χ1) is 13.1. The number of methoxy groups -OCH3 is 1. The van der Waals surface area contributed by atoms with E-state index in [-0.39, 0.29) is 11.9 Å². The number of carbonyl (C=O) groups excluding carboxylic acids is 1. The normalized spacial score (nSPS) is 14.6. The van der Waals surface area contributed by atoms with Crippen molar-refractivity contribution in [1.29, 1.82) is 0 Å². The molecule has 1 saturated carbocycles. The van der Waals surface area contributed by atoms with E-state index in [1.165, 1.54) is 24.8 Å². The minimum absolute atomic E-state index is 0.106. The molecule has 6 heteroatoms. The predicted octanol–water partition coefficient (Wildman–Crippen LogP) is 3.51. The first-order valence-corrected chi connectivity index (χ1v) is 9.67. The number of rotatable bonds is 7. The summed E-state index contributed by atoms with van der Waals surface area (Å²) in [6.07, 6.45) is 6.59. The van der Waals surface area contributed by atoms with E-state index in [1.807, 2.05) is 31.2 Å². The molecule has 0 unspecified atom stereocenters. The first-order valence-electron chi connectivity index (χ1n) is 9.67. The van der Waals surface area contributed by atoms with Crippen LogP contribution in [0.25, 0.3) is 0 Å². The molecule has 1 fully saturated rings. The van der Waals surface area contributed by atoms with Crippen LogP contribution in [-0.2, 0) is 6.42 Å². The van der Waals surface area contributed by atoms with Crippen molar-refractivity contribution in [2.45, 2.75) is 51.5 Å². The molecule has 1 amide bonds. The topological polar surface area (TPSA) is 76.1 Å². The van der Waals surface area contributed by atoms with Gasteiger partial charge in [-0.3, -0.25) is 4.79 Å². The van der Waals surface area contributed by atoms with Crippen molar-refractivity contribution >= 4 is 11.9 Å². The number of nitrogens with one attached hydrogen (secondary N) is 2. The Bertz CT molecular complexity index is 755. The van der Waals surface area contributed by atoms with Crippen LogP contribution in [-0.4, -0.2) is 35.6 Å². The quantitative estimate of drug-likeness (QED) is 0.782. The van der Waals surface area contributed by atoms with E-state index in [1.54, 1.807) is 13.2 Å². The molecule has 1 aliphatic rings. The SMILES string of the molecule is COc1ccc(CCNc2nc(C)cc(C(=O)NC3CCCCC3)n2)cc1. The van der Waals surface area contributed by atoms with Gasteiger partial charge in [0.1, 0.15) is 11.4 Å². The highest BCUT2D eigenvalue weighted by Gasteiger charge is 2.18. The Morgan fingerprint density at radius 1 is 1.15 bits per heavy atom. The molecule has 0 atom stereocenters. The summed E-state index contributed by atoms with van der Waals surface area (Å²) in [5.41, 5.74) is 2.41. The zero-order chi connectivity index (χ0) is 19.1. The van der Waals surface area contributed by atoms with E-state index in [9.17, 15) is 4.79 Å². The maximum Gasteiger partial charge on any atom is 0.270 e. The fourth-order valence-corrected chi connectivity index (χ4v) is 3.38. The van der Waals surface area contributed by atoms with Gasteiger partial charge in [0, 0.05) is 18.3 Å². The summed E-state index contributed by atoms with van der Waals surface area (Å²) in [7, 11) is 1.66. The standard InChI is InChI=1S/C21H28N4O2/c1-15-14-19(20(26)24-17-6-4-3-5-7-17)25-21(23-15)22-13-12-16-8-10-18(27-2)11-9-16/h8-11,14,17H,3-7,12-13H2,1-2H3,(H,24,26)(H,22,23,25). The van der Waals surface area contributed by atoms with Gasteiger partial charge in [0.2, 0.25) is 5.95 Å². The van der Waals surface area contributed by atoms with Gasteiger partial charge in [-0.2, -0.15) is 0 Å². The van der Waals surface area contributed by atoms with Gasteiger partial charge in [0.05, 0.1) is 7.11 Å². The van der Waals surface area contributed by atoms with E-state index in [2.05, 4.69) is 20.6 Å². The Hall–Kier alpha value is -2.63. The minimum atomic E-state index is -0.106. The summed E-state index contributed by atoms with van der Waals surface area (Å²) in [5, 5.41) is 6.34. The molecule has 2 aromatic rings. The minimum Gasteiger partial charge on any atom is -0.497 e. The number of carbonyl (C=O) groups is 1. The highest BCUT2D eigenvalue weighted by Crippen LogP contribution is 2.18. The largest absolute Gasteiger partial charge is 0.497 e. The molecule has 2 N–H and O–H groups in total. The lowest BCUT2D eigenvalue weighted by Gasteiger charge is -2.22. The maximum absolute atomic E-state index is 12.5. The van der Waals surface area contributed by atoms with Crippen molar-refractivity contribution in [3.63, 3.8) is 0 Å². The van der Waals surface area contributed by atoms with Crippen LogP contribution >= 0.6 is 0 Å². The third kappa shape index (κ3) is 5.67. The number of amides is 1. The van der Waals surface area contributed by atoms with Gasteiger partial charge in [-0.25, -0.2) is 9.97 Å². The number of ether oxygens (including phenoxy) is 1. The summed E-state index contributed by atoms with van der Waals surface area (Å²) in [4.78, 5) is 21.3. The molecule has 1 aromatic heterocycles. The summed E-state index contributed by atoms with van der Waals surface area (Å²) in [6, 6.07) is 10.0. The third-order valence-electron chi connectivity index (χ3n) is 4.88. The van der Waals surface area contributed by atoms with E-state index in [0.717, 1.165) is 30.7 Å². The molecule has 0 spiro atoms. The lowest BCUT2D eigenvalue weighted by Crippen LogP contribution is -2.36. The Kier molecular flexibility index (Phi) is 6.63. The molecule has 0 saturated heterocycles. The molecule has 0 bridgehead atoms. The van der Waals surface area contributed by atoms with E-state index in [0.29, 0.717) is 18.2 Å². The highest BCUT2D eigenvalue weighted by atomic mass is 16.5. The van der Waals surface area contributed by atoms with Crippen molar-refractivity contribution in [2.75, 3.05) is 19.0 Å². The number of nitrogens with zero attached hydrogens (tertiary/aromatic N) is 2. The van der Waals surface area contributed by atoms with Gasteiger partial charge in [0.15, 0.2) is 0 Å². The van der Waals surface area contributed by atoms with Crippen LogP contribution in [0.4, 0.5) is 5.95 Å². The zero-order valence-electron chi connectivity index (χ0n) is 16.1. The van der Waals surface area contributed by atoms with Crippen molar-refractivity contribution in [2.24, 2.45) is 0 Å². The van der Waals surface area contributed by atoms with Crippen LogP contribution in [0.5, 0.6) is 5.75 Å². The Morgan fingerprint density at radius 2 is 1.89 bits per heavy atom. The zero-order valence-corrected chi connectivity index (χ0v) is 16.1. The molecular formula is C21H28N4O2. The van der Waals surface area contributed by atoms with E-state index >= 15 is 0 Å². The van der Waals surface area contributed by atoms with Gasteiger partial charge in [-0.15, -0.1) is 0 Å². The monoisotopic (exact) mass is 368 g/mol. The van der Waals surface area contributed by atoms with Crippen LogP contribution in [0.2, 0.25) is 0 Å². The number of hydrogen-bond donors (Lipinski definition) is 2. The Labute approximate surface area is 160 Å². The lowest BCUT2D eigenvalue weighted by molar-refractivity contribution is 0.0922. The molecule has 1 aliphatic carbocycles. The van der Waals surface area contributed by atoms with Crippen molar-refractivity contribution in [3.05, 3.63) is 47.3 Å². The van der Waals surface area contributed by atoms with Crippen molar-refractivity contribution in [3.8, 4) is 5.75 Å². The molecule has 6 nitrogen and oxygen atoms in total. The second-order valence-corrected chi connectivity index (χ2v) is 7.05. The average Bonchev–Trinajstić information content (AvgIpc) is 2.69. The van der Waals surface area contributed by atoms with Crippen LogP contribution in [0, 0.1) is 6.92 Å². The molecule has 0 aliphatic heterocycles. The van der Waals surface area contributed by atoms with Crippen LogP contribution in [0.1, 0.15) is 53.8 Å². The molecule has 144 valence electrons. The van der Waals surface area contributed by atoms with Crippen LogP contribution in [0.15, 0.2) is 30.3 Å². The van der Waals surface area contributed by atoms with Gasteiger partial charge in [-0.05, 0) is 49.9 Å². The summed E-state index contributed by atoms with van der Waals surface area (Å²) >= 11 is 0. The number of anilines is 1. The predicted molar refractivity (Wildman–Crippen MR) is 106 cm³/mol. The number of aromatic nitrogens is 2. The van der Waals surface area contributed by atoms with Crippen LogP contribution < -0.4 is 15.4 Å². The summed E-state index contributed by atoms with van der Waals surface area (Å²) < 4.78 is 5.17. The molecule has 0 radical (unpaired) electrons. The van der Waals surface area contributed by atoms with Gasteiger partial charge < -0.3 is 15.4 Å². The molecule has 27 heavy (non-hydrogen) atoms. The molecule has 1 heterocycles. The number of benzene rings is 1. The van der Waals surface area contributed by atoms with Gasteiger partial charge in [-0.1, -0.05) is 31.4 Å². The number of hydrogen-bond acceptors (Lipinski definition) is 5. The van der Waals surface area contributed by atoms with Crippen LogP contribution in [0.3, 0.4) is 0 Å². The summed E-state index contributed by atoms with van der Waals surface area (Å²) in [6.45, 7) is 2.58. The first kappa shape index (κ1) is 19.1. The Morgan fingerprint density at radius 3 is 2.59 bits per heavy atom. The van der Waals surface area contributed by atoms with E-state index in [4.69, 9.17) is 4.74 Å². The number of aryl methyl sites for hydroxylation is 1. The van der Waals surface area contributed by atoms with Gasteiger partial charge in [0.25, 0.3) is 5.91 Å². The maximum atomic E-state index is 12.5. The molecular weight excluding hydrogens is 340 g/mol. The Balaban J connectivity index is 1.56. The van der Waals surface area contributed by atoms with E-state index < -0.39 is 0 Å². The smallest absolute Gasteiger partial charge is 0.270 e. The van der Waals surface area contributed by atoms with Crippen molar-refractivity contribution < 1.29 is 9.53 Å².